The van der Waals surface area contributed by atoms with Crippen LogP contribution in [0.2, 0.25) is 0 Å². The predicted octanol–water partition coefficient (Wildman–Crippen LogP) is 1.61. The first-order valence-corrected chi connectivity index (χ1v) is 10.7. The fraction of sp³-hybridized carbons (Fsp3) is 0.316. The Kier molecular flexibility index (Phi) is 5.41. The van der Waals surface area contributed by atoms with Crippen molar-refractivity contribution in [1.29, 1.82) is 0 Å². The van der Waals surface area contributed by atoms with E-state index in [0.717, 1.165) is 0 Å². The molecule has 158 valence electrons. The quantitative estimate of drug-likeness (QED) is 0.628. The Bertz CT molecular complexity index is 1200. The van der Waals surface area contributed by atoms with E-state index in [-0.39, 0.29) is 10.8 Å². The second kappa shape index (κ2) is 8.01. The Morgan fingerprint density at radius 3 is 2.73 bits per heavy atom. The smallest absolute Gasteiger partial charge is 0.243 e. The highest BCUT2D eigenvalue weighted by atomic mass is 32.2. The van der Waals surface area contributed by atoms with Gasteiger partial charge in [0.1, 0.15) is 11.6 Å². The Morgan fingerprint density at radius 1 is 1.27 bits per heavy atom. The summed E-state index contributed by atoms with van der Waals surface area (Å²) >= 11 is 0. The summed E-state index contributed by atoms with van der Waals surface area (Å²) in [6.45, 7) is 2.76. The largest absolute Gasteiger partial charge is 0.496 e. The number of hydrogen-bond donors (Lipinski definition) is 2. The number of pyridine rings is 1. The van der Waals surface area contributed by atoms with Gasteiger partial charge in [0, 0.05) is 37.3 Å². The topological polar surface area (TPSA) is 127 Å². The third-order valence-electron chi connectivity index (χ3n) is 4.80. The summed E-state index contributed by atoms with van der Waals surface area (Å²) in [5.41, 5.74) is 1.63. The van der Waals surface area contributed by atoms with Crippen LogP contribution >= 0.6 is 0 Å². The van der Waals surface area contributed by atoms with Crippen molar-refractivity contribution in [2.24, 2.45) is 0 Å². The summed E-state index contributed by atoms with van der Waals surface area (Å²) in [6.07, 6.45) is 1.59. The van der Waals surface area contributed by atoms with Crippen LogP contribution in [0, 0.1) is 0 Å². The fourth-order valence-corrected chi connectivity index (χ4v) is 4.76. The number of methoxy groups -OCH3 is 1. The molecule has 1 amide bonds. The SMILES string of the molecule is COc1ccc(S(=O)(=O)N2CCOCC2)cc1-c1cnc2n[nH]c(NC(C)=O)c2c1. The molecule has 0 aliphatic carbocycles. The minimum absolute atomic E-state index is 0.162. The summed E-state index contributed by atoms with van der Waals surface area (Å²) in [4.78, 5) is 15.9. The number of amides is 1. The van der Waals surface area contributed by atoms with Crippen LogP contribution in [0.4, 0.5) is 5.82 Å². The summed E-state index contributed by atoms with van der Waals surface area (Å²) < 4.78 is 38.3. The van der Waals surface area contributed by atoms with E-state index in [1.165, 1.54) is 24.4 Å². The van der Waals surface area contributed by atoms with Gasteiger partial charge in [0.15, 0.2) is 5.65 Å². The van der Waals surface area contributed by atoms with Gasteiger partial charge >= 0.3 is 0 Å². The molecule has 10 nitrogen and oxygen atoms in total. The summed E-state index contributed by atoms with van der Waals surface area (Å²) in [6, 6.07) is 6.50. The molecule has 3 aromatic rings. The van der Waals surface area contributed by atoms with E-state index in [9.17, 15) is 13.2 Å². The second-order valence-corrected chi connectivity index (χ2v) is 8.69. The molecule has 0 radical (unpaired) electrons. The summed E-state index contributed by atoms with van der Waals surface area (Å²) in [7, 11) is -2.16. The van der Waals surface area contributed by atoms with Crippen LogP contribution in [0.3, 0.4) is 0 Å². The minimum atomic E-state index is -3.67. The van der Waals surface area contributed by atoms with Crippen molar-refractivity contribution in [2.75, 3.05) is 38.7 Å². The number of aromatic nitrogens is 3. The van der Waals surface area contributed by atoms with Gasteiger partial charge < -0.3 is 14.8 Å². The molecule has 1 aromatic carbocycles. The van der Waals surface area contributed by atoms with Gasteiger partial charge in [-0.25, -0.2) is 13.4 Å². The van der Waals surface area contributed by atoms with E-state index in [1.807, 2.05) is 0 Å². The Hall–Kier alpha value is -3.02. The van der Waals surface area contributed by atoms with Gasteiger partial charge in [-0.2, -0.15) is 9.40 Å². The number of H-pyrrole nitrogens is 1. The Balaban J connectivity index is 1.80. The zero-order chi connectivity index (χ0) is 21.3. The molecule has 1 fully saturated rings. The zero-order valence-electron chi connectivity index (χ0n) is 16.5. The van der Waals surface area contributed by atoms with Crippen LogP contribution in [0.1, 0.15) is 6.92 Å². The Morgan fingerprint density at radius 2 is 2.03 bits per heavy atom. The van der Waals surface area contributed by atoms with Crippen molar-refractivity contribution in [2.45, 2.75) is 11.8 Å². The second-order valence-electron chi connectivity index (χ2n) is 6.75. The van der Waals surface area contributed by atoms with Crippen molar-refractivity contribution in [1.82, 2.24) is 19.5 Å². The number of carbonyl (C=O) groups is 1. The first-order chi connectivity index (χ1) is 14.4. The van der Waals surface area contributed by atoms with Crippen molar-refractivity contribution in [3.63, 3.8) is 0 Å². The number of benzene rings is 1. The van der Waals surface area contributed by atoms with Gasteiger partial charge in [0.2, 0.25) is 15.9 Å². The molecule has 0 bridgehead atoms. The van der Waals surface area contributed by atoms with E-state index in [1.54, 1.807) is 24.4 Å². The number of anilines is 1. The van der Waals surface area contributed by atoms with Gasteiger partial charge in [0.25, 0.3) is 0 Å². The number of nitrogens with zero attached hydrogens (tertiary/aromatic N) is 3. The lowest BCUT2D eigenvalue weighted by atomic mass is 10.1. The predicted molar refractivity (Wildman–Crippen MR) is 110 cm³/mol. The number of sulfonamides is 1. The molecule has 1 saturated heterocycles. The van der Waals surface area contributed by atoms with Gasteiger partial charge in [-0.1, -0.05) is 0 Å². The maximum absolute atomic E-state index is 13.1. The molecular weight excluding hydrogens is 410 g/mol. The van der Waals surface area contributed by atoms with E-state index in [0.29, 0.717) is 60.0 Å². The molecule has 2 aromatic heterocycles. The number of ether oxygens (including phenoxy) is 2. The zero-order valence-corrected chi connectivity index (χ0v) is 17.3. The summed E-state index contributed by atoms with van der Waals surface area (Å²) in [5, 5.41) is 10.1. The fourth-order valence-electron chi connectivity index (χ4n) is 3.33. The molecule has 1 aliphatic rings. The van der Waals surface area contributed by atoms with Crippen molar-refractivity contribution in [3.05, 3.63) is 30.5 Å². The van der Waals surface area contributed by atoms with Crippen molar-refractivity contribution >= 4 is 32.8 Å². The molecular formula is C19H21N5O5S. The minimum Gasteiger partial charge on any atom is -0.496 e. The Labute approximate surface area is 173 Å². The number of rotatable bonds is 5. The first-order valence-electron chi connectivity index (χ1n) is 9.28. The van der Waals surface area contributed by atoms with Gasteiger partial charge in [-0.3, -0.25) is 9.89 Å². The highest BCUT2D eigenvalue weighted by Crippen LogP contribution is 2.35. The molecule has 30 heavy (non-hydrogen) atoms. The third-order valence-corrected chi connectivity index (χ3v) is 6.70. The number of fused-ring (bicyclic) bond motifs is 1. The van der Waals surface area contributed by atoms with Crippen molar-refractivity contribution in [3.8, 4) is 16.9 Å². The van der Waals surface area contributed by atoms with Crippen LogP contribution in [-0.2, 0) is 19.6 Å². The van der Waals surface area contributed by atoms with Crippen LogP contribution in [0.15, 0.2) is 35.4 Å². The molecule has 0 atom stereocenters. The number of carbonyl (C=O) groups excluding carboxylic acids is 1. The first kappa shape index (κ1) is 20.3. The number of hydrogen-bond acceptors (Lipinski definition) is 7. The molecule has 0 saturated carbocycles. The van der Waals surface area contributed by atoms with Crippen LogP contribution in [0.5, 0.6) is 5.75 Å². The highest BCUT2D eigenvalue weighted by Gasteiger charge is 2.27. The average Bonchev–Trinajstić information content (AvgIpc) is 3.15. The van der Waals surface area contributed by atoms with E-state index in [2.05, 4.69) is 20.5 Å². The standard InChI is InChI=1S/C19H21N5O5S/c1-12(25)21-19-16-9-13(11-20-18(16)22-23-19)15-10-14(3-4-17(15)28-2)30(26,27)24-5-7-29-8-6-24/h3-4,9-11H,5-8H2,1-2H3,(H2,20,21,22,23,25). The third kappa shape index (κ3) is 3.74. The maximum Gasteiger partial charge on any atom is 0.243 e. The molecule has 0 unspecified atom stereocenters. The van der Waals surface area contributed by atoms with Crippen LogP contribution < -0.4 is 10.1 Å². The summed E-state index contributed by atoms with van der Waals surface area (Å²) in [5.74, 6) is 0.673. The van der Waals surface area contributed by atoms with Crippen LogP contribution in [0.25, 0.3) is 22.2 Å². The lowest BCUT2D eigenvalue weighted by molar-refractivity contribution is -0.114. The van der Waals surface area contributed by atoms with E-state index < -0.39 is 10.0 Å². The van der Waals surface area contributed by atoms with E-state index in [4.69, 9.17) is 9.47 Å². The van der Waals surface area contributed by atoms with Gasteiger partial charge in [-0.15, -0.1) is 0 Å². The number of morpholine rings is 1. The molecule has 11 heteroatoms. The lowest BCUT2D eigenvalue weighted by Crippen LogP contribution is -2.40. The van der Waals surface area contributed by atoms with Gasteiger partial charge in [0.05, 0.1) is 30.6 Å². The van der Waals surface area contributed by atoms with Crippen molar-refractivity contribution < 1.29 is 22.7 Å². The average molecular weight is 431 g/mol. The monoisotopic (exact) mass is 431 g/mol. The molecule has 1 aliphatic heterocycles. The van der Waals surface area contributed by atoms with Gasteiger partial charge in [-0.05, 0) is 24.3 Å². The van der Waals surface area contributed by atoms with Crippen LogP contribution in [-0.4, -0.2) is 67.2 Å². The molecule has 0 spiro atoms. The lowest BCUT2D eigenvalue weighted by Gasteiger charge is -2.26. The molecule has 4 rings (SSSR count). The normalized spacial score (nSPS) is 15.3. The molecule has 2 N–H and O–H groups in total. The maximum atomic E-state index is 13.1. The number of nitrogens with one attached hydrogen (secondary N) is 2. The van der Waals surface area contributed by atoms with E-state index >= 15 is 0 Å². The molecule has 3 heterocycles. The number of aromatic amines is 1. The highest BCUT2D eigenvalue weighted by molar-refractivity contribution is 7.89.